The lowest BCUT2D eigenvalue weighted by Crippen LogP contribution is -2.49. The van der Waals surface area contributed by atoms with Gasteiger partial charge in [-0.3, -0.25) is 4.79 Å². The third-order valence-electron chi connectivity index (χ3n) is 5.88. The molecule has 2 aromatic rings. The van der Waals surface area contributed by atoms with Crippen LogP contribution in [-0.2, 0) is 11.3 Å². The van der Waals surface area contributed by atoms with Gasteiger partial charge in [-0.05, 0) is 49.8 Å². The van der Waals surface area contributed by atoms with Gasteiger partial charge in [0, 0.05) is 24.7 Å². The number of carbonyl (C=O) groups is 2. The van der Waals surface area contributed by atoms with Gasteiger partial charge in [-0.15, -0.1) is 0 Å². The maximum Gasteiger partial charge on any atom is 0.407 e. The zero-order chi connectivity index (χ0) is 24.9. The molecule has 2 amide bonds. The zero-order valence-corrected chi connectivity index (χ0v) is 19.3. The molecule has 35 heavy (non-hydrogen) atoms. The molecule has 10 nitrogen and oxygen atoms in total. The van der Waals surface area contributed by atoms with Crippen LogP contribution in [0.2, 0.25) is 0 Å². The average Bonchev–Trinajstić information content (AvgIpc) is 3.58. The van der Waals surface area contributed by atoms with Gasteiger partial charge in [0.1, 0.15) is 0 Å². The Bertz CT molecular complexity index is 1060. The van der Waals surface area contributed by atoms with Crippen LogP contribution in [0.5, 0.6) is 11.5 Å². The maximum atomic E-state index is 13.2. The average molecular weight is 494 g/mol. The lowest BCUT2D eigenvalue weighted by molar-refractivity contribution is -0.0515. The quantitative estimate of drug-likeness (QED) is 0.544. The molecule has 1 saturated carbocycles. The molecule has 0 bridgehead atoms. The van der Waals surface area contributed by atoms with Gasteiger partial charge in [0.25, 0.3) is 5.91 Å². The van der Waals surface area contributed by atoms with Crippen molar-refractivity contribution in [3.8, 4) is 23.0 Å². The van der Waals surface area contributed by atoms with Crippen LogP contribution in [0.15, 0.2) is 22.6 Å². The molecule has 2 aliphatic rings. The lowest BCUT2D eigenvalue weighted by Gasteiger charge is -2.32. The fraction of sp³-hybridized carbons (Fsp3) is 0.522. The number of ether oxygens (including phenoxy) is 3. The molecule has 1 aliphatic heterocycles. The minimum absolute atomic E-state index is 0.0644. The number of hydrogen-bond donors (Lipinski definition) is 2. The highest BCUT2D eigenvalue weighted by molar-refractivity contribution is 5.94. The first-order chi connectivity index (χ1) is 16.9. The summed E-state index contributed by atoms with van der Waals surface area (Å²) < 4.78 is 46.3. The van der Waals surface area contributed by atoms with Gasteiger partial charge in [-0.25, -0.2) is 9.78 Å². The Morgan fingerprint density at radius 3 is 2.77 bits per heavy atom. The standard InChI is InChI=1S/C23H28F2N4O6/c1-32-23(31)27-15-3-2-8-29(11-15)21(30)19-18(10-26)34-20(28-19)14-6-7-16(35-22(24)25)17(9-14)33-12-13-4-5-13/h6-7,9,13,15,22H,2-5,8,10-12,26H2,1H3,(H,27,31). The van der Waals surface area contributed by atoms with E-state index in [1.54, 1.807) is 4.90 Å². The number of amides is 2. The second-order valence-corrected chi connectivity index (χ2v) is 8.52. The number of halogens is 2. The molecule has 2 heterocycles. The minimum atomic E-state index is -3.00. The van der Waals surface area contributed by atoms with Crippen LogP contribution in [0.1, 0.15) is 41.9 Å². The smallest absolute Gasteiger partial charge is 0.407 e. The number of alkyl carbamates (subject to hydrolysis) is 1. The first kappa shape index (κ1) is 24.7. The van der Waals surface area contributed by atoms with E-state index in [1.165, 1.54) is 25.3 Å². The Hall–Kier alpha value is -3.41. The molecule has 1 aromatic heterocycles. The molecular formula is C23H28F2N4O6. The minimum Gasteiger partial charge on any atom is -0.489 e. The zero-order valence-electron chi connectivity index (χ0n) is 19.3. The van der Waals surface area contributed by atoms with Crippen molar-refractivity contribution < 1.29 is 37.0 Å². The fourth-order valence-electron chi connectivity index (χ4n) is 3.87. The Morgan fingerprint density at radius 1 is 1.29 bits per heavy atom. The molecule has 1 atom stereocenters. The van der Waals surface area contributed by atoms with Gasteiger partial charge < -0.3 is 34.6 Å². The molecule has 12 heteroatoms. The first-order valence-electron chi connectivity index (χ1n) is 11.4. The number of benzene rings is 1. The second-order valence-electron chi connectivity index (χ2n) is 8.52. The topological polar surface area (TPSA) is 129 Å². The number of piperidine rings is 1. The molecule has 1 saturated heterocycles. The van der Waals surface area contributed by atoms with E-state index in [4.69, 9.17) is 14.9 Å². The van der Waals surface area contributed by atoms with E-state index in [9.17, 15) is 18.4 Å². The van der Waals surface area contributed by atoms with E-state index in [2.05, 4.69) is 19.8 Å². The highest BCUT2D eigenvalue weighted by atomic mass is 19.3. The summed E-state index contributed by atoms with van der Waals surface area (Å²) in [5.41, 5.74) is 6.30. The van der Waals surface area contributed by atoms with Crippen LogP contribution in [0, 0.1) is 5.92 Å². The molecule has 190 valence electrons. The van der Waals surface area contributed by atoms with Gasteiger partial charge in [-0.2, -0.15) is 8.78 Å². The summed E-state index contributed by atoms with van der Waals surface area (Å²) in [6.45, 7) is -1.89. The predicted molar refractivity (Wildman–Crippen MR) is 119 cm³/mol. The van der Waals surface area contributed by atoms with E-state index in [0.29, 0.717) is 44.0 Å². The summed E-state index contributed by atoms with van der Waals surface area (Å²) in [5, 5.41) is 2.71. The summed E-state index contributed by atoms with van der Waals surface area (Å²) >= 11 is 0. The van der Waals surface area contributed by atoms with Gasteiger partial charge in [0.2, 0.25) is 5.89 Å². The van der Waals surface area contributed by atoms with Gasteiger partial charge in [0.05, 0.1) is 20.3 Å². The summed E-state index contributed by atoms with van der Waals surface area (Å²) in [6.07, 6.45) is 2.90. The van der Waals surface area contributed by atoms with E-state index < -0.39 is 12.7 Å². The first-order valence-corrected chi connectivity index (χ1v) is 11.4. The molecule has 1 aliphatic carbocycles. The predicted octanol–water partition coefficient (Wildman–Crippen LogP) is 3.15. The summed E-state index contributed by atoms with van der Waals surface area (Å²) in [5.74, 6) is 0.373. The van der Waals surface area contributed by atoms with E-state index in [0.717, 1.165) is 12.8 Å². The molecule has 2 fully saturated rings. The van der Waals surface area contributed by atoms with Gasteiger partial charge in [0.15, 0.2) is 23.0 Å². The normalized spacial score (nSPS) is 17.9. The number of methoxy groups -OCH3 is 1. The van der Waals surface area contributed by atoms with E-state index in [-0.39, 0.29) is 47.3 Å². The fourth-order valence-corrected chi connectivity index (χ4v) is 3.87. The van der Waals surface area contributed by atoms with Crippen molar-refractivity contribution in [3.63, 3.8) is 0 Å². The monoisotopic (exact) mass is 494 g/mol. The van der Waals surface area contributed by atoms with Crippen molar-refractivity contribution >= 4 is 12.0 Å². The number of likely N-dealkylation sites (tertiary alicyclic amines) is 1. The molecule has 3 N–H and O–H groups in total. The van der Waals surface area contributed by atoms with Crippen LogP contribution in [0.25, 0.3) is 11.5 Å². The largest absolute Gasteiger partial charge is 0.489 e. The molecule has 1 unspecified atom stereocenters. The Balaban J connectivity index is 1.55. The van der Waals surface area contributed by atoms with Crippen molar-refractivity contribution in [3.05, 3.63) is 29.7 Å². The third kappa shape index (κ3) is 6.18. The van der Waals surface area contributed by atoms with Crippen molar-refractivity contribution in [1.29, 1.82) is 0 Å². The summed E-state index contributed by atoms with van der Waals surface area (Å²) in [4.78, 5) is 30.7. The Kier molecular flexibility index (Phi) is 7.69. The number of nitrogens with two attached hydrogens (primary N) is 1. The van der Waals surface area contributed by atoms with Crippen LogP contribution >= 0.6 is 0 Å². The maximum absolute atomic E-state index is 13.2. The van der Waals surface area contributed by atoms with Gasteiger partial charge in [-0.1, -0.05) is 0 Å². The number of nitrogens with zero attached hydrogens (tertiary/aromatic N) is 2. The number of hydrogen-bond acceptors (Lipinski definition) is 8. The Morgan fingerprint density at radius 2 is 2.09 bits per heavy atom. The molecule has 1 aromatic carbocycles. The molecule has 0 radical (unpaired) electrons. The molecule has 4 rings (SSSR count). The van der Waals surface area contributed by atoms with Crippen molar-refractivity contribution in [2.24, 2.45) is 11.7 Å². The summed E-state index contributed by atoms with van der Waals surface area (Å²) in [7, 11) is 1.28. The van der Waals surface area contributed by atoms with Crippen molar-refractivity contribution in [2.75, 3.05) is 26.8 Å². The highest BCUT2D eigenvalue weighted by Gasteiger charge is 2.30. The number of carbonyl (C=O) groups excluding carboxylic acids is 2. The van der Waals surface area contributed by atoms with Crippen molar-refractivity contribution in [2.45, 2.75) is 44.9 Å². The Labute approximate surface area is 200 Å². The second kappa shape index (κ2) is 10.9. The SMILES string of the molecule is COC(=O)NC1CCCN(C(=O)c2nc(-c3ccc(OC(F)F)c(OCC4CC4)c3)oc2CN)C1. The molecule has 0 spiro atoms. The van der Waals surface area contributed by atoms with Crippen LogP contribution in [-0.4, -0.2) is 61.3 Å². The number of oxazole rings is 1. The van der Waals surface area contributed by atoms with Crippen molar-refractivity contribution in [1.82, 2.24) is 15.2 Å². The van der Waals surface area contributed by atoms with Crippen LogP contribution < -0.4 is 20.5 Å². The molecular weight excluding hydrogens is 466 g/mol. The third-order valence-corrected chi connectivity index (χ3v) is 5.88. The lowest BCUT2D eigenvalue weighted by atomic mass is 10.1. The number of rotatable bonds is 9. The van der Waals surface area contributed by atoms with E-state index in [1.807, 2.05) is 0 Å². The number of nitrogens with one attached hydrogen (secondary N) is 1. The van der Waals surface area contributed by atoms with E-state index >= 15 is 0 Å². The van der Waals surface area contributed by atoms with Crippen LogP contribution in [0.3, 0.4) is 0 Å². The highest BCUT2D eigenvalue weighted by Crippen LogP contribution is 2.36. The number of alkyl halides is 2. The number of aromatic nitrogens is 1. The van der Waals surface area contributed by atoms with Crippen LogP contribution in [0.4, 0.5) is 13.6 Å². The summed E-state index contributed by atoms with van der Waals surface area (Å²) in [6, 6.07) is 4.10. The van der Waals surface area contributed by atoms with Gasteiger partial charge >= 0.3 is 12.7 Å².